The van der Waals surface area contributed by atoms with Crippen LogP contribution < -0.4 is 21.1 Å². The van der Waals surface area contributed by atoms with Crippen molar-refractivity contribution in [2.75, 3.05) is 29.9 Å². The molecule has 0 atom stereocenters. The first-order valence-electron chi connectivity index (χ1n) is 11.8. The van der Waals surface area contributed by atoms with Gasteiger partial charge in [0.05, 0.1) is 0 Å². The van der Waals surface area contributed by atoms with Gasteiger partial charge in [0.15, 0.2) is 10.8 Å². The molecule has 0 saturated carbocycles. The lowest BCUT2D eigenvalue weighted by molar-refractivity contribution is -0.125. The molecule has 34 heavy (non-hydrogen) atoms. The number of carbonyl (C=O) groups is 2. The van der Waals surface area contributed by atoms with Gasteiger partial charge in [0.2, 0.25) is 11.8 Å². The summed E-state index contributed by atoms with van der Waals surface area (Å²) in [5.74, 6) is -0.153. The van der Waals surface area contributed by atoms with Gasteiger partial charge in [-0.25, -0.2) is 4.98 Å². The van der Waals surface area contributed by atoms with Gasteiger partial charge in [-0.1, -0.05) is 37.3 Å². The molecule has 9 nitrogen and oxygen atoms in total. The standard InChI is InChI=1S/C24H30N6O3S/c1-3-11-25-22(32)17-9-12-29(13-10-17)24-28-21-20(34-24)23(33)30(15-26-21)14-19(31)27-18-7-5-16(4-2)6-8-18/h5-8,15,17H,3-4,9-14H2,1-2H3,(H,25,32)(H,27,31). The Morgan fingerprint density at radius 3 is 2.56 bits per heavy atom. The van der Waals surface area contributed by atoms with Crippen LogP contribution in [0.5, 0.6) is 0 Å². The highest BCUT2D eigenvalue weighted by molar-refractivity contribution is 7.22. The zero-order valence-corrected chi connectivity index (χ0v) is 20.4. The minimum Gasteiger partial charge on any atom is -0.356 e. The zero-order chi connectivity index (χ0) is 24.1. The number of piperidine rings is 1. The maximum atomic E-state index is 13.0. The summed E-state index contributed by atoms with van der Waals surface area (Å²) in [6, 6.07) is 7.64. The van der Waals surface area contributed by atoms with E-state index in [4.69, 9.17) is 0 Å². The molecule has 0 unspecified atom stereocenters. The van der Waals surface area contributed by atoms with Gasteiger partial charge in [-0.2, -0.15) is 4.98 Å². The van der Waals surface area contributed by atoms with E-state index in [1.165, 1.54) is 27.8 Å². The Kier molecular flexibility index (Phi) is 7.56. The number of hydrogen-bond acceptors (Lipinski definition) is 7. The molecular weight excluding hydrogens is 452 g/mol. The van der Waals surface area contributed by atoms with E-state index in [9.17, 15) is 14.4 Å². The van der Waals surface area contributed by atoms with Gasteiger partial charge in [0.1, 0.15) is 17.6 Å². The third kappa shape index (κ3) is 5.44. The first-order chi connectivity index (χ1) is 16.5. The van der Waals surface area contributed by atoms with Gasteiger partial charge >= 0.3 is 0 Å². The second-order valence-electron chi connectivity index (χ2n) is 8.48. The minimum atomic E-state index is -0.291. The van der Waals surface area contributed by atoms with Crippen LogP contribution in [0.1, 0.15) is 38.7 Å². The van der Waals surface area contributed by atoms with Crippen molar-refractivity contribution in [3.05, 3.63) is 46.5 Å². The molecule has 2 N–H and O–H groups in total. The number of aryl methyl sites for hydroxylation is 1. The van der Waals surface area contributed by atoms with Gasteiger partial charge < -0.3 is 15.5 Å². The SMILES string of the molecule is CCCNC(=O)C1CCN(c2nc3ncn(CC(=O)Nc4ccc(CC)cc4)c(=O)c3s2)CC1. The van der Waals surface area contributed by atoms with Crippen LogP contribution >= 0.6 is 11.3 Å². The summed E-state index contributed by atoms with van der Waals surface area (Å²) in [5, 5.41) is 6.52. The summed E-state index contributed by atoms with van der Waals surface area (Å²) in [6.07, 6.45) is 4.73. The average molecular weight is 483 g/mol. The Hall–Kier alpha value is -3.27. The van der Waals surface area contributed by atoms with E-state index in [0.29, 0.717) is 35.7 Å². The lowest BCUT2D eigenvalue weighted by atomic mass is 9.96. The summed E-state index contributed by atoms with van der Waals surface area (Å²) in [6.45, 7) is 6.11. The fraction of sp³-hybridized carbons (Fsp3) is 0.458. The van der Waals surface area contributed by atoms with Crippen molar-refractivity contribution in [3.8, 4) is 0 Å². The number of benzene rings is 1. The maximum absolute atomic E-state index is 13.0. The molecule has 4 rings (SSSR count). The average Bonchev–Trinajstić information content (AvgIpc) is 3.30. The fourth-order valence-corrected chi connectivity index (χ4v) is 5.01. The minimum absolute atomic E-state index is 0.0178. The summed E-state index contributed by atoms with van der Waals surface area (Å²) >= 11 is 1.29. The number of hydrogen-bond donors (Lipinski definition) is 2. The maximum Gasteiger partial charge on any atom is 0.273 e. The normalized spacial score (nSPS) is 14.4. The fourth-order valence-electron chi connectivity index (χ4n) is 3.99. The number of carbonyl (C=O) groups excluding carboxylic acids is 2. The summed E-state index contributed by atoms with van der Waals surface area (Å²) < 4.78 is 1.74. The predicted octanol–water partition coefficient (Wildman–Crippen LogP) is 2.80. The van der Waals surface area contributed by atoms with E-state index in [1.54, 1.807) is 0 Å². The lowest BCUT2D eigenvalue weighted by Gasteiger charge is -2.30. The van der Waals surface area contributed by atoms with Gasteiger partial charge in [-0.15, -0.1) is 0 Å². The lowest BCUT2D eigenvalue weighted by Crippen LogP contribution is -2.40. The van der Waals surface area contributed by atoms with Crippen molar-refractivity contribution >= 4 is 44.3 Å². The number of nitrogens with one attached hydrogen (secondary N) is 2. The molecule has 0 radical (unpaired) electrons. The van der Waals surface area contributed by atoms with Crippen LogP contribution in [0.2, 0.25) is 0 Å². The van der Waals surface area contributed by atoms with E-state index in [0.717, 1.165) is 30.8 Å². The van der Waals surface area contributed by atoms with E-state index in [-0.39, 0.29) is 29.8 Å². The molecule has 1 aromatic carbocycles. The first-order valence-corrected chi connectivity index (χ1v) is 12.6. The zero-order valence-electron chi connectivity index (χ0n) is 19.5. The molecule has 180 valence electrons. The van der Waals surface area contributed by atoms with Crippen LogP contribution in [0, 0.1) is 5.92 Å². The molecule has 3 aromatic rings. The molecule has 10 heteroatoms. The number of nitrogens with zero attached hydrogens (tertiary/aromatic N) is 4. The first kappa shape index (κ1) is 23.9. The second-order valence-corrected chi connectivity index (χ2v) is 9.46. The number of aromatic nitrogens is 3. The Bertz CT molecular complexity index is 1210. The Morgan fingerprint density at radius 1 is 1.15 bits per heavy atom. The largest absolute Gasteiger partial charge is 0.356 e. The molecule has 0 spiro atoms. The molecule has 1 aliphatic heterocycles. The number of fused-ring (bicyclic) bond motifs is 1. The second kappa shape index (κ2) is 10.8. The van der Waals surface area contributed by atoms with Crippen molar-refractivity contribution < 1.29 is 9.59 Å². The van der Waals surface area contributed by atoms with Crippen molar-refractivity contribution in [1.82, 2.24) is 19.9 Å². The molecule has 0 bridgehead atoms. The topological polar surface area (TPSA) is 109 Å². The van der Waals surface area contributed by atoms with E-state index < -0.39 is 0 Å². The summed E-state index contributed by atoms with van der Waals surface area (Å²) in [4.78, 5) is 48.6. The number of rotatable bonds is 8. The number of anilines is 2. The van der Waals surface area contributed by atoms with Crippen molar-refractivity contribution in [1.29, 1.82) is 0 Å². The smallest absolute Gasteiger partial charge is 0.273 e. The van der Waals surface area contributed by atoms with Crippen LogP contribution in [-0.4, -0.2) is 46.0 Å². The van der Waals surface area contributed by atoms with Crippen LogP contribution in [0.25, 0.3) is 10.3 Å². The van der Waals surface area contributed by atoms with E-state index >= 15 is 0 Å². The summed E-state index contributed by atoms with van der Waals surface area (Å²) in [7, 11) is 0. The Balaban J connectivity index is 1.41. The van der Waals surface area contributed by atoms with Gasteiger partial charge in [0, 0.05) is 31.2 Å². The third-order valence-electron chi connectivity index (χ3n) is 6.02. The van der Waals surface area contributed by atoms with Crippen LogP contribution in [0.4, 0.5) is 10.8 Å². The van der Waals surface area contributed by atoms with Crippen LogP contribution in [0.15, 0.2) is 35.4 Å². The monoisotopic (exact) mass is 482 g/mol. The number of amides is 2. The highest BCUT2D eigenvalue weighted by Gasteiger charge is 2.26. The van der Waals surface area contributed by atoms with E-state index in [2.05, 4.69) is 32.4 Å². The Labute approximate surface area is 202 Å². The molecule has 1 fully saturated rings. The Morgan fingerprint density at radius 2 is 1.88 bits per heavy atom. The predicted molar refractivity (Wildman–Crippen MR) is 134 cm³/mol. The molecule has 1 aliphatic rings. The van der Waals surface area contributed by atoms with Crippen molar-refractivity contribution in [3.63, 3.8) is 0 Å². The van der Waals surface area contributed by atoms with Gasteiger partial charge in [-0.3, -0.25) is 19.0 Å². The number of thiazole rings is 1. The highest BCUT2D eigenvalue weighted by Crippen LogP contribution is 2.29. The van der Waals surface area contributed by atoms with Crippen molar-refractivity contribution in [2.45, 2.75) is 46.1 Å². The van der Waals surface area contributed by atoms with Crippen LogP contribution in [-0.2, 0) is 22.6 Å². The molecule has 0 aliphatic carbocycles. The quantitative estimate of drug-likeness (QED) is 0.511. The molecule has 3 heterocycles. The van der Waals surface area contributed by atoms with E-state index in [1.807, 2.05) is 31.2 Å². The molecule has 2 amide bonds. The molecular formula is C24H30N6O3S. The van der Waals surface area contributed by atoms with Crippen LogP contribution in [0.3, 0.4) is 0 Å². The molecule has 1 saturated heterocycles. The van der Waals surface area contributed by atoms with Crippen molar-refractivity contribution in [2.24, 2.45) is 5.92 Å². The van der Waals surface area contributed by atoms with Gasteiger partial charge in [-0.05, 0) is 43.4 Å². The van der Waals surface area contributed by atoms with Gasteiger partial charge in [0.25, 0.3) is 5.56 Å². The molecule has 2 aromatic heterocycles. The third-order valence-corrected chi connectivity index (χ3v) is 7.11. The summed E-state index contributed by atoms with van der Waals surface area (Å²) in [5.41, 5.74) is 1.99. The highest BCUT2D eigenvalue weighted by atomic mass is 32.1.